The number of ether oxygens (including phenoxy) is 2. The number of rotatable bonds is 4. The van der Waals surface area contributed by atoms with E-state index in [1.54, 1.807) is 14.0 Å². The summed E-state index contributed by atoms with van der Waals surface area (Å²) in [6.07, 6.45) is 0.926. The van der Waals surface area contributed by atoms with Crippen LogP contribution in [0.1, 0.15) is 42.7 Å². The van der Waals surface area contributed by atoms with Crippen molar-refractivity contribution in [2.45, 2.75) is 32.5 Å². The van der Waals surface area contributed by atoms with Crippen LogP contribution in [0, 0.1) is 0 Å². The van der Waals surface area contributed by atoms with Crippen molar-refractivity contribution in [1.29, 1.82) is 0 Å². The van der Waals surface area contributed by atoms with Crippen LogP contribution in [0.4, 0.5) is 0 Å². The lowest BCUT2D eigenvalue weighted by Crippen LogP contribution is -2.36. The Kier molecular flexibility index (Phi) is 4.79. The van der Waals surface area contributed by atoms with Gasteiger partial charge >= 0.3 is 0 Å². The Bertz CT molecular complexity index is 851. The summed E-state index contributed by atoms with van der Waals surface area (Å²) in [5.41, 5.74) is 3.81. The van der Waals surface area contributed by atoms with Crippen LogP contribution in [-0.2, 0) is 11.2 Å². The van der Waals surface area contributed by atoms with Gasteiger partial charge in [-0.1, -0.05) is 30.3 Å². The van der Waals surface area contributed by atoms with Gasteiger partial charge in [-0.25, -0.2) is 0 Å². The average Bonchev–Trinajstić information content (AvgIpc) is 3.08. The van der Waals surface area contributed by atoms with Crippen LogP contribution in [-0.4, -0.2) is 42.5 Å². The smallest absolute Gasteiger partial charge is 0.221 e. The zero-order valence-corrected chi connectivity index (χ0v) is 16.1. The molecular weight excluding hydrogens is 340 g/mol. The summed E-state index contributed by atoms with van der Waals surface area (Å²) in [4.78, 5) is 16.9. The molecule has 1 amide bonds. The molecule has 4 rings (SSSR count). The van der Waals surface area contributed by atoms with Crippen molar-refractivity contribution >= 4 is 5.91 Å². The van der Waals surface area contributed by atoms with Gasteiger partial charge in [0.25, 0.3) is 0 Å². The minimum absolute atomic E-state index is 0.0778. The monoisotopic (exact) mass is 366 g/mol. The maximum absolute atomic E-state index is 12.5. The van der Waals surface area contributed by atoms with Crippen molar-refractivity contribution in [1.82, 2.24) is 9.80 Å². The zero-order chi connectivity index (χ0) is 19.0. The second-order valence-electron chi connectivity index (χ2n) is 7.09. The largest absolute Gasteiger partial charge is 0.493 e. The molecule has 2 aromatic rings. The van der Waals surface area contributed by atoms with E-state index in [1.807, 2.05) is 30.0 Å². The maximum atomic E-state index is 12.5. The van der Waals surface area contributed by atoms with Crippen molar-refractivity contribution in [2.24, 2.45) is 0 Å². The van der Waals surface area contributed by atoms with Crippen LogP contribution in [0.2, 0.25) is 0 Å². The van der Waals surface area contributed by atoms with Crippen LogP contribution in [0.25, 0.3) is 0 Å². The molecule has 5 heteroatoms. The summed E-state index contributed by atoms with van der Waals surface area (Å²) in [5, 5.41) is 0. The first-order valence-corrected chi connectivity index (χ1v) is 9.55. The highest BCUT2D eigenvalue weighted by Gasteiger charge is 2.44. The summed E-state index contributed by atoms with van der Waals surface area (Å²) in [6.45, 7) is 5.84. The Labute approximate surface area is 160 Å². The predicted octanol–water partition coefficient (Wildman–Crippen LogP) is 3.55. The van der Waals surface area contributed by atoms with Crippen LogP contribution >= 0.6 is 0 Å². The Balaban J connectivity index is 1.75. The summed E-state index contributed by atoms with van der Waals surface area (Å²) in [7, 11) is 1.65. The highest BCUT2D eigenvalue weighted by Crippen LogP contribution is 2.45. The molecule has 0 saturated carbocycles. The second-order valence-corrected chi connectivity index (χ2v) is 7.09. The Morgan fingerprint density at radius 2 is 2.00 bits per heavy atom. The molecule has 2 aliphatic rings. The second kappa shape index (κ2) is 7.24. The molecule has 0 N–H and O–H groups in total. The van der Waals surface area contributed by atoms with Gasteiger partial charge in [-0.15, -0.1) is 0 Å². The number of fused-ring (bicyclic) bond motifs is 3. The minimum atomic E-state index is -0.0778. The highest BCUT2D eigenvalue weighted by atomic mass is 16.5. The van der Waals surface area contributed by atoms with Gasteiger partial charge in [-0.2, -0.15) is 0 Å². The molecule has 2 aliphatic heterocycles. The zero-order valence-electron chi connectivity index (χ0n) is 16.1. The van der Waals surface area contributed by atoms with Crippen LogP contribution < -0.4 is 9.47 Å². The number of hydrogen-bond acceptors (Lipinski definition) is 4. The summed E-state index contributed by atoms with van der Waals surface area (Å²) in [5.74, 6) is 1.54. The van der Waals surface area contributed by atoms with E-state index in [9.17, 15) is 4.79 Å². The molecule has 0 aliphatic carbocycles. The lowest BCUT2D eigenvalue weighted by atomic mass is 9.93. The van der Waals surface area contributed by atoms with Crippen molar-refractivity contribution < 1.29 is 14.3 Å². The number of hydrogen-bond donors (Lipinski definition) is 0. The predicted molar refractivity (Wildman–Crippen MR) is 104 cm³/mol. The fourth-order valence-electron chi connectivity index (χ4n) is 4.43. The quantitative estimate of drug-likeness (QED) is 0.830. The topological polar surface area (TPSA) is 42.0 Å². The van der Waals surface area contributed by atoms with E-state index in [-0.39, 0.29) is 18.1 Å². The number of methoxy groups -OCH3 is 1. The third-order valence-corrected chi connectivity index (χ3v) is 5.62. The number of carbonyl (C=O) groups excluding carboxylic acids is 1. The molecule has 27 heavy (non-hydrogen) atoms. The van der Waals surface area contributed by atoms with E-state index < -0.39 is 0 Å². The molecule has 1 fully saturated rings. The lowest BCUT2D eigenvalue weighted by molar-refractivity contribution is -0.131. The maximum Gasteiger partial charge on any atom is 0.221 e. The van der Waals surface area contributed by atoms with Gasteiger partial charge in [0.1, 0.15) is 6.17 Å². The highest BCUT2D eigenvalue weighted by molar-refractivity contribution is 5.74. The molecule has 2 unspecified atom stereocenters. The average molecular weight is 366 g/mol. The molecule has 0 bridgehead atoms. The summed E-state index contributed by atoms with van der Waals surface area (Å²) >= 11 is 0. The standard InChI is InChI=1S/C22H26N2O3/c1-4-27-21-13-17(9-10-20(21)26-3)22-23-12-11-16-7-5-6-8-18(16)19(23)14-24(22)15(2)25/h5-10,13,19,22H,4,11-12,14H2,1-3H3. The summed E-state index contributed by atoms with van der Waals surface area (Å²) in [6, 6.07) is 14.8. The Morgan fingerprint density at radius 3 is 2.74 bits per heavy atom. The summed E-state index contributed by atoms with van der Waals surface area (Å²) < 4.78 is 11.2. The van der Waals surface area contributed by atoms with Gasteiger partial charge in [0.15, 0.2) is 11.5 Å². The van der Waals surface area contributed by atoms with Gasteiger partial charge in [-0.3, -0.25) is 9.69 Å². The van der Waals surface area contributed by atoms with Gasteiger partial charge in [0.05, 0.1) is 19.8 Å². The van der Waals surface area contributed by atoms with Crippen LogP contribution in [0.3, 0.4) is 0 Å². The van der Waals surface area contributed by atoms with E-state index >= 15 is 0 Å². The number of amides is 1. The molecule has 0 radical (unpaired) electrons. The lowest BCUT2D eigenvalue weighted by Gasteiger charge is -2.35. The van der Waals surface area contributed by atoms with Gasteiger partial charge < -0.3 is 14.4 Å². The molecule has 2 atom stereocenters. The van der Waals surface area contributed by atoms with Gasteiger partial charge in [0, 0.05) is 20.0 Å². The molecule has 0 spiro atoms. The Morgan fingerprint density at radius 1 is 1.19 bits per heavy atom. The van der Waals surface area contributed by atoms with Crippen molar-refractivity contribution in [3.8, 4) is 11.5 Å². The van der Waals surface area contributed by atoms with E-state index in [0.717, 1.165) is 24.3 Å². The van der Waals surface area contributed by atoms with Crippen LogP contribution in [0.5, 0.6) is 11.5 Å². The van der Waals surface area contributed by atoms with E-state index in [2.05, 4.69) is 29.2 Å². The third-order valence-electron chi connectivity index (χ3n) is 5.62. The van der Waals surface area contributed by atoms with Gasteiger partial charge in [-0.05, 0) is 42.2 Å². The Hall–Kier alpha value is -2.53. The molecule has 2 aromatic carbocycles. The van der Waals surface area contributed by atoms with E-state index in [1.165, 1.54) is 11.1 Å². The van der Waals surface area contributed by atoms with Crippen molar-refractivity contribution in [3.63, 3.8) is 0 Å². The van der Waals surface area contributed by atoms with Gasteiger partial charge in [0.2, 0.25) is 5.91 Å². The fourth-order valence-corrected chi connectivity index (χ4v) is 4.43. The van der Waals surface area contributed by atoms with E-state index in [4.69, 9.17) is 9.47 Å². The SMILES string of the molecule is CCOc1cc(C2N(C(C)=O)CC3c4ccccc4CCN32)ccc1OC. The fraction of sp³-hybridized carbons (Fsp3) is 0.409. The van der Waals surface area contributed by atoms with Crippen LogP contribution in [0.15, 0.2) is 42.5 Å². The molecule has 1 saturated heterocycles. The number of nitrogens with zero attached hydrogens (tertiary/aromatic N) is 2. The molecule has 2 heterocycles. The normalized spacial score (nSPS) is 21.5. The molecular formula is C22H26N2O3. The molecule has 0 aromatic heterocycles. The first kappa shape index (κ1) is 17.9. The molecule has 5 nitrogen and oxygen atoms in total. The third kappa shape index (κ3) is 3.06. The van der Waals surface area contributed by atoms with Crippen molar-refractivity contribution in [2.75, 3.05) is 26.8 Å². The number of carbonyl (C=O) groups is 1. The first-order chi connectivity index (χ1) is 13.1. The minimum Gasteiger partial charge on any atom is -0.493 e. The first-order valence-electron chi connectivity index (χ1n) is 9.55. The van der Waals surface area contributed by atoms with E-state index in [0.29, 0.717) is 18.9 Å². The number of benzene rings is 2. The molecule has 142 valence electrons. The van der Waals surface area contributed by atoms with Crippen molar-refractivity contribution in [3.05, 3.63) is 59.2 Å².